The van der Waals surface area contributed by atoms with E-state index in [1.807, 2.05) is 6.92 Å². The van der Waals surface area contributed by atoms with E-state index in [1.54, 1.807) is 0 Å². The van der Waals surface area contributed by atoms with Gasteiger partial charge in [0.25, 0.3) is 0 Å². The maximum atomic E-state index is 11.6. The van der Waals surface area contributed by atoms with E-state index < -0.39 is 17.9 Å². The molecule has 0 heterocycles. The fraction of sp³-hybridized carbons (Fsp3) is 0.727. The highest BCUT2D eigenvalue weighted by atomic mass is 16.4. The maximum Gasteiger partial charge on any atom is 0.326 e. The number of carbonyl (C=O) groups excluding carboxylic acids is 2. The van der Waals surface area contributed by atoms with Crippen molar-refractivity contribution in [1.29, 1.82) is 0 Å². The number of aliphatic carboxylic acids is 1. The van der Waals surface area contributed by atoms with Gasteiger partial charge in [-0.3, -0.25) is 9.59 Å². The highest BCUT2D eigenvalue weighted by Crippen LogP contribution is 2.06. The van der Waals surface area contributed by atoms with Gasteiger partial charge in [-0.2, -0.15) is 0 Å². The topological polar surface area (TPSA) is 136 Å². The Kier molecular flexibility index (Phi) is 7.69. The molecule has 104 valence electrons. The van der Waals surface area contributed by atoms with Crippen molar-refractivity contribution in [3.63, 3.8) is 0 Å². The molecule has 0 aliphatic heterocycles. The molecule has 7 nitrogen and oxygen atoms in total. The molecule has 0 bridgehead atoms. The van der Waals surface area contributed by atoms with Crippen molar-refractivity contribution in [2.75, 3.05) is 6.54 Å². The zero-order valence-corrected chi connectivity index (χ0v) is 10.5. The highest BCUT2D eigenvalue weighted by molar-refractivity contribution is 5.84. The number of nitrogens with one attached hydrogen (secondary N) is 1. The molecule has 2 atom stereocenters. The van der Waals surface area contributed by atoms with Gasteiger partial charge in [0.2, 0.25) is 11.8 Å². The number of amides is 2. The minimum absolute atomic E-state index is 0.00414. The minimum Gasteiger partial charge on any atom is -0.480 e. The van der Waals surface area contributed by atoms with Crippen molar-refractivity contribution in [1.82, 2.24) is 5.32 Å². The monoisotopic (exact) mass is 259 g/mol. The molecule has 0 saturated carbocycles. The molecule has 0 saturated heterocycles. The number of hydrogen-bond acceptors (Lipinski definition) is 4. The molecule has 0 aromatic rings. The van der Waals surface area contributed by atoms with Gasteiger partial charge in [0.15, 0.2) is 0 Å². The average Bonchev–Trinajstić information content (AvgIpc) is 2.30. The second kappa shape index (κ2) is 8.46. The summed E-state index contributed by atoms with van der Waals surface area (Å²) in [7, 11) is 0. The van der Waals surface area contributed by atoms with E-state index in [0.717, 1.165) is 6.42 Å². The molecule has 6 N–H and O–H groups in total. The predicted molar refractivity (Wildman–Crippen MR) is 65.4 cm³/mol. The fourth-order valence-electron chi connectivity index (χ4n) is 1.45. The first kappa shape index (κ1) is 16.4. The molecule has 0 aliphatic rings. The van der Waals surface area contributed by atoms with Crippen LogP contribution >= 0.6 is 0 Å². The summed E-state index contributed by atoms with van der Waals surface area (Å²) >= 11 is 0. The van der Waals surface area contributed by atoms with E-state index in [-0.39, 0.29) is 31.1 Å². The van der Waals surface area contributed by atoms with Gasteiger partial charge < -0.3 is 21.9 Å². The maximum absolute atomic E-state index is 11.6. The Morgan fingerprint density at radius 1 is 1.33 bits per heavy atom. The summed E-state index contributed by atoms with van der Waals surface area (Å²) in [4.78, 5) is 33.0. The Morgan fingerprint density at radius 3 is 2.33 bits per heavy atom. The van der Waals surface area contributed by atoms with Crippen LogP contribution in [-0.2, 0) is 14.4 Å². The molecular weight excluding hydrogens is 238 g/mol. The first-order valence-corrected chi connectivity index (χ1v) is 5.91. The van der Waals surface area contributed by atoms with Crippen molar-refractivity contribution in [3.8, 4) is 0 Å². The van der Waals surface area contributed by atoms with Crippen LogP contribution < -0.4 is 16.8 Å². The van der Waals surface area contributed by atoms with Crippen molar-refractivity contribution in [3.05, 3.63) is 0 Å². The molecule has 0 aromatic heterocycles. The Hall–Kier alpha value is -1.63. The number of carbonyl (C=O) groups is 3. The summed E-state index contributed by atoms with van der Waals surface area (Å²) in [6.45, 7) is 2.29. The van der Waals surface area contributed by atoms with Gasteiger partial charge in [-0.1, -0.05) is 13.3 Å². The number of hydrogen-bond donors (Lipinski definition) is 4. The minimum atomic E-state index is -1.18. The fourth-order valence-corrected chi connectivity index (χ4v) is 1.45. The second-order valence-corrected chi connectivity index (χ2v) is 4.18. The van der Waals surface area contributed by atoms with Crippen LogP contribution in [0, 0.1) is 5.92 Å². The van der Waals surface area contributed by atoms with E-state index in [0.29, 0.717) is 6.54 Å². The molecule has 7 heteroatoms. The lowest BCUT2D eigenvalue weighted by atomic mass is 10.0. The number of rotatable bonds is 9. The lowest BCUT2D eigenvalue weighted by molar-refractivity contribution is -0.142. The molecule has 0 aromatic carbocycles. The van der Waals surface area contributed by atoms with Crippen molar-refractivity contribution >= 4 is 17.8 Å². The van der Waals surface area contributed by atoms with E-state index in [1.165, 1.54) is 0 Å². The Balaban J connectivity index is 4.27. The van der Waals surface area contributed by atoms with Crippen LogP contribution in [0.15, 0.2) is 0 Å². The lowest BCUT2D eigenvalue weighted by Crippen LogP contribution is -2.42. The van der Waals surface area contributed by atoms with Gasteiger partial charge in [-0.05, 0) is 18.9 Å². The smallest absolute Gasteiger partial charge is 0.326 e. The number of primary amides is 1. The average molecular weight is 259 g/mol. The largest absolute Gasteiger partial charge is 0.480 e. The normalized spacial score (nSPS) is 13.7. The van der Waals surface area contributed by atoms with E-state index >= 15 is 0 Å². The van der Waals surface area contributed by atoms with Crippen LogP contribution in [0.25, 0.3) is 0 Å². The summed E-state index contributed by atoms with van der Waals surface area (Å²) in [6.07, 6.45) is 0.859. The van der Waals surface area contributed by atoms with Crippen LogP contribution in [0.4, 0.5) is 0 Å². The van der Waals surface area contributed by atoms with Crippen LogP contribution in [0.2, 0.25) is 0 Å². The molecular formula is C11H21N3O4. The molecule has 18 heavy (non-hydrogen) atoms. The van der Waals surface area contributed by atoms with Gasteiger partial charge in [0, 0.05) is 12.8 Å². The number of carboxylic acid groups (broad SMARTS) is 1. The summed E-state index contributed by atoms with van der Waals surface area (Å²) < 4.78 is 0. The van der Waals surface area contributed by atoms with E-state index in [9.17, 15) is 14.4 Å². The SMILES string of the molecule is CCC(CN)CC(=O)NC(CCC(N)=O)C(=O)O. The van der Waals surface area contributed by atoms with Crippen molar-refractivity contribution < 1.29 is 19.5 Å². The summed E-state index contributed by atoms with van der Waals surface area (Å²) in [6, 6.07) is -1.08. The molecule has 0 radical (unpaired) electrons. The predicted octanol–water partition coefficient (Wildman–Crippen LogP) is -0.804. The summed E-state index contributed by atoms with van der Waals surface area (Å²) in [5.41, 5.74) is 10.4. The summed E-state index contributed by atoms with van der Waals surface area (Å²) in [5, 5.41) is 11.3. The van der Waals surface area contributed by atoms with Gasteiger partial charge in [-0.15, -0.1) is 0 Å². The third-order valence-corrected chi connectivity index (χ3v) is 2.70. The van der Waals surface area contributed by atoms with Crippen LogP contribution in [-0.4, -0.2) is 35.5 Å². The third-order valence-electron chi connectivity index (χ3n) is 2.70. The molecule has 0 fully saturated rings. The standard InChI is InChI=1S/C11H21N3O4/c1-2-7(6-12)5-10(16)14-8(11(17)18)3-4-9(13)15/h7-8H,2-6,12H2,1H3,(H2,13,15)(H,14,16)(H,17,18). The van der Waals surface area contributed by atoms with Crippen molar-refractivity contribution in [2.45, 2.75) is 38.6 Å². The quantitative estimate of drug-likeness (QED) is 0.429. The van der Waals surface area contributed by atoms with Gasteiger partial charge in [0.1, 0.15) is 6.04 Å². The van der Waals surface area contributed by atoms with Gasteiger partial charge in [-0.25, -0.2) is 4.79 Å². The van der Waals surface area contributed by atoms with Crippen molar-refractivity contribution in [2.24, 2.45) is 17.4 Å². The Labute approximate surface area is 106 Å². The Bertz CT molecular complexity index is 303. The zero-order chi connectivity index (χ0) is 14.1. The van der Waals surface area contributed by atoms with Crippen LogP contribution in [0.5, 0.6) is 0 Å². The first-order valence-electron chi connectivity index (χ1n) is 5.91. The molecule has 2 unspecified atom stereocenters. The molecule has 0 rings (SSSR count). The molecule has 0 aliphatic carbocycles. The lowest BCUT2D eigenvalue weighted by Gasteiger charge is -2.16. The number of carboxylic acids is 1. The molecule has 2 amide bonds. The van der Waals surface area contributed by atoms with E-state index in [2.05, 4.69) is 5.32 Å². The van der Waals surface area contributed by atoms with Crippen LogP contribution in [0.1, 0.15) is 32.6 Å². The van der Waals surface area contributed by atoms with Gasteiger partial charge in [0.05, 0.1) is 0 Å². The highest BCUT2D eigenvalue weighted by Gasteiger charge is 2.21. The summed E-state index contributed by atoms with van der Waals surface area (Å²) in [5.74, 6) is -2.10. The molecule has 0 spiro atoms. The first-order chi connectivity index (χ1) is 8.40. The third kappa shape index (κ3) is 6.85. The van der Waals surface area contributed by atoms with E-state index in [4.69, 9.17) is 16.6 Å². The van der Waals surface area contributed by atoms with Gasteiger partial charge >= 0.3 is 5.97 Å². The number of nitrogens with two attached hydrogens (primary N) is 2. The second-order valence-electron chi connectivity index (χ2n) is 4.18. The zero-order valence-electron chi connectivity index (χ0n) is 10.5. The van der Waals surface area contributed by atoms with Crippen LogP contribution in [0.3, 0.4) is 0 Å². The Morgan fingerprint density at radius 2 is 1.94 bits per heavy atom.